The highest BCUT2D eigenvalue weighted by atomic mass is 35.5. The molecule has 0 fully saturated rings. The minimum atomic E-state index is 0.539. The third kappa shape index (κ3) is 1.60. The maximum atomic E-state index is 8.97. The molecule has 16 heavy (non-hydrogen) atoms. The first-order chi connectivity index (χ1) is 7.71. The Labute approximate surface area is 101 Å². The Morgan fingerprint density at radius 3 is 2.31 bits per heavy atom. The topological polar surface area (TPSA) is 30.3 Å². The van der Waals surface area contributed by atoms with Crippen molar-refractivity contribution in [1.82, 2.24) is 0 Å². The number of halogens is 1. The summed E-state index contributed by atoms with van der Waals surface area (Å²) in [7, 11) is 0. The van der Waals surface area contributed by atoms with Gasteiger partial charge in [0.1, 0.15) is 6.07 Å². The third-order valence-electron chi connectivity index (χ3n) is 2.97. The minimum Gasteiger partial charge on any atom is -0.352 e. The lowest BCUT2D eigenvalue weighted by molar-refractivity contribution is 0.801. The molecule has 0 saturated carbocycles. The van der Waals surface area contributed by atoms with Gasteiger partial charge in [0.25, 0.3) is 0 Å². The van der Waals surface area contributed by atoms with Crippen LogP contribution in [0.3, 0.4) is 0 Å². The van der Waals surface area contributed by atoms with Gasteiger partial charge in [-0.25, -0.2) is 0 Å². The summed E-state index contributed by atoms with van der Waals surface area (Å²) in [4.78, 5) is 4.50. The summed E-state index contributed by atoms with van der Waals surface area (Å²) in [5.41, 5.74) is 2.80. The summed E-state index contributed by atoms with van der Waals surface area (Å²) >= 11 is 6.05. The molecule has 4 heteroatoms. The van der Waals surface area contributed by atoms with Crippen molar-refractivity contribution >= 4 is 23.0 Å². The van der Waals surface area contributed by atoms with E-state index in [1.165, 1.54) is 0 Å². The maximum absolute atomic E-state index is 8.97. The van der Waals surface area contributed by atoms with Gasteiger partial charge in [-0.1, -0.05) is 11.6 Å². The van der Waals surface area contributed by atoms with Gasteiger partial charge in [0.15, 0.2) is 0 Å². The summed E-state index contributed by atoms with van der Waals surface area (Å²) in [5, 5.41) is 9.50. The van der Waals surface area contributed by atoms with Gasteiger partial charge in [0.2, 0.25) is 0 Å². The van der Waals surface area contributed by atoms with Crippen LogP contribution in [0.5, 0.6) is 0 Å². The van der Waals surface area contributed by atoms with Gasteiger partial charge in [0.05, 0.1) is 28.6 Å². The van der Waals surface area contributed by atoms with Crippen molar-refractivity contribution in [1.29, 1.82) is 5.26 Å². The van der Waals surface area contributed by atoms with E-state index in [2.05, 4.69) is 29.7 Å². The molecule has 2 rings (SSSR count). The molecule has 1 aromatic rings. The molecule has 84 valence electrons. The minimum absolute atomic E-state index is 0.539. The quantitative estimate of drug-likeness (QED) is 0.790. The van der Waals surface area contributed by atoms with Crippen molar-refractivity contribution in [3.63, 3.8) is 0 Å². The fraction of sp³-hybridized carbons (Fsp3) is 0.417. The Balaban J connectivity index is 2.53. The van der Waals surface area contributed by atoms with Gasteiger partial charge in [-0.3, -0.25) is 0 Å². The first-order valence-electron chi connectivity index (χ1n) is 5.44. The van der Waals surface area contributed by atoms with Gasteiger partial charge < -0.3 is 9.80 Å². The van der Waals surface area contributed by atoms with Crippen LogP contribution in [0.4, 0.5) is 11.4 Å². The number of nitriles is 1. The monoisotopic (exact) mass is 235 g/mol. The van der Waals surface area contributed by atoms with E-state index in [9.17, 15) is 0 Å². The molecule has 0 bridgehead atoms. The summed E-state index contributed by atoms with van der Waals surface area (Å²) < 4.78 is 0. The lowest BCUT2D eigenvalue weighted by Gasteiger charge is -2.18. The Bertz CT molecular complexity index is 450. The highest BCUT2D eigenvalue weighted by Crippen LogP contribution is 2.39. The zero-order chi connectivity index (χ0) is 11.7. The van der Waals surface area contributed by atoms with E-state index in [-0.39, 0.29) is 0 Å². The third-order valence-corrected chi connectivity index (χ3v) is 3.28. The van der Waals surface area contributed by atoms with Crippen LogP contribution in [-0.2, 0) is 0 Å². The van der Waals surface area contributed by atoms with Crippen molar-refractivity contribution in [2.75, 3.05) is 29.6 Å². The lowest BCUT2D eigenvalue weighted by atomic mass is 10.2. The van der Waals surface area contributed by atoms with Crippen molar-refractivity contribution in [2.24, 2.45) is 0 Å². The zero-order valence-corrected chi connectivity index (χ0v) is 10.3. The van der Waals surface area contributed by atoms with Gasteiger partial charge in [0, 0.05) is 13.1 Å². The first-order valence-corrected chi connectivity index (χ1v) is 5.82. The molecule has 0 N–H and O–H groups in total. The summed E-state index contributed by atoms with van der Waals surface area (Å²) in [6.45, 7) is 7.01. The number of rotatable bonds is 2. The van der Waals surface area contributed by atoms with Crippen LogP contribution in [0.15, 0.2) is 12.1 Å². The smallest absolute Gasteiger partial charge is 0.101 e. The van der Waals surface area contributed by atoms with Gasteiger partial charge >= 0.3 is 0 Å². The summed E-state index contributed by atoms with van der Waals surface area (Å²) in [6, 6.07) is 5.91. The van der Waals surface area contributed by atoms with E-state index in [1.54, 1.807) is 0 Å². The van der Waals surface area contributed by atoms with E-state index in [1.807, 2.05) is 12.1 Å². The zero-order valence-electron chi connectivity index (χ0n) is 9.50. The Morgan fingerprint density at radius 2 is 1.81 bits per heavy atom. The van der Waals surface area contributed by atoms with Crippen LogP contribution in [-0.4, -0.2) is 19.8 Å². The van der Waals surface area contributed by atoms with E-state index in [0.717, 1.165) is 31.1 Å². The van der Waals surface area contributed by atoms with Crippen molar-refractivity contribution < 1.29 is 0 Å². The van der Waals surface area contributed by atoms with Crippen LogP contribution in [0.2, 0.25) is 5.02 Å². The van der Waals surface area contributed by atoms with Gasteiger partial charge in [-0.05, 0) is 26.0 Å². The number of hydrogen-bond acceptors (Lipinski definition) is 3. The fourth-order valence-corrected chi connectivity index (χ4v) is 2.24. The molecule has 1 heterocycles. The van der Waals surface area contributed by atoms with Crippen molar-refractivity contribution in [3.8, 4) is 6.07 Å². The number of hydrogen-bond donors (Lipinski definition) is 0. The standard InChI is InChI=1S/C12H14ClN3/c1-3-15-8-16(4-2)12-6-10(13)9(7-14)5-11(12)15/h5-6H,3-4,8H2,1-2H3. The molecule has 1 aliphatic rings. The predicted octanol–water partition coefficient (Wildman–Crippen LogP) is 2.84. The maximum Gasteiger partial charge on any atom is 0.101 e. The second kappa shape index (κ2) is 4.23. The lowest BCUT2D eigenvalue weighted by Crippen LogP contribution is -2.30. The number of fused-ring (bicyclic) bond motifs is 1. The van der Waals surface area contributed by atoms with Crippen molar-refractivity contribution in [2.45, 2.75) is 13.8 Å². The number of anilines is 2. The largest absolute Gasteiger partial charge is 0.352 e. The van der Waals surface area contributed by atoms with Crippen LogP contribution in [0, 0.1) is 11.3 Å². The van der Waals surface area contributed by atoms with Crippen LogP contribution in [0.1, 0.15) is 19.4 Å². The molecule has 0 aliphatic carbocycles. The Morgan fingerprint density at radius 1 is 1.25 bits per heavy atom. The average Bonchev–Trinajstić information content (AvgIpc) is 2.65. The van der Waals surface area contributed by atoms with Crippen LogP contribution < -0.4 is 9.80 Å². The molecule has 1 aliphatic heterocycles. The normalized spacial score (nSPS) is 13.9. The number of nitrogens with zero attached hydrogens (tertiary/aromatic N) is 3. The van der Waals surface area contributed by atoms with Crippen LogP contribution >= 0.6 is 11.6 Å². The fourth-order valence-electron chi connectivity index (χ4n) is 2.04. The molecule has 3 nitrogen and oxygen atoms in total. The molecule has 0 spiro atoms. The average molecular weight is 236 g/mol. The molecule has 0 aromatic heterocycles. The molecule has 0 saturated heterocycles. The molecule has 1 aromatic carbocycles. The van der Waals surface area contributed by atoms with Gasteiger partial charge in [-0.2, -0.15) is 5.26 Å². The van der Waals surface area contributed by atoms with Gasteiger partial charge in [-0.15, -0.1) is 0 Å². The second-order valence-electron chi connectivity index (χ2n) is 3.79. The molecule has 0 radical (unpaired) electrons. The summed E-state index contributed by atoms with van der Waals surface area (Å²) in [5.74, 6) is 0. The molecule has 0 atom stereocenters. The predicted molar refractivity (Wildman–Crippen MR) is 67.1 cm³/mol. The van der Waals surface area contributed by atoms with E-state index >= 15 is 0 Å². The molecule has 0 unspecified atom stereocenters. The molecule has 0 amide bonds. The second-order valence-corrected chi connectivity index (χ2v) is 4.19. The Hall–Kier alpha value is -1.40. The molecular formula is C12H14ClN3. The van der Waals surface area contributed by atoms with E-state index in [0.29, 0.717) is 10.6 Å². The van der Waals surface area contributed by atoms with Crippen LogP contribution in [0.25, 0.3) is 0 Å². The first kappa shape index (κ1) is 11.1. The highest BCUT2D eigenvalue weighted by molar-refractivity contribution is 6.32. The van der Waals surface area contributed by atoms with E-state index in [4.69, 9.17) is 16.9 Å². The highest BCUT2D eigenvalue weighted by Gasteiger charge is 2.25. The SMILES string of the molecule is CCN1CN(CC)c2cc(C#N)c(Cl)cc21. The number of benzene rings is 1. The Kier molecular flexibility index (Phi) is 2.93. The van der Waals surface area contributed by atoms with E-state index < -0.39 is 0 Å². The summed E-state index contributed by atoms with van der Waals surface area (Å²) in [6.07, 6.45) is 0. The van der Waals surface area contributed by atoms with Crippen molar-refractivity contribution in [3.05, 3.63) is 22.7 Å². The molecular weight excluding hydrogens is 222 g/mol.